The van der Waals surface area contributed by atoms with Crippen LogP contribution in [0.3, 0.4) is 0 Å². The molecule has 0 spiro atoms. The molecule has 18 heavy (non-hydrogen) atoms. The van der Waals surface area contributed by atoms with E-state index in [-0.39, 0.29) is 5.28 Å². The molecule has 0 N–H and O–H groups in total. The molecule has 1 saturated heterocycles. The average Bonchev–Trinajstić information content (AvgIpc) is 2.81. The van der Waals surface area contributed by atoms with Gasteiger partial charge in [-0.2, -0.15) is 10.1 Å². The van der Waals surface area contributed by atoms with Gasteiger partial charge in [-0.15, -0.1) is 0 Å². The van der Waals surface area contributed by atoms with E-state index >= 15 is 0 Å². The first-order chi connectivity index (χ1) is 8.78. The molecule has 1 aliphatic rings. The molecule has 1 atom stereocenters. The number of nitrogens with zero attached hydrogens (tertiary/aromatic N) is 5. The summed E-state index contributed by atoms with van der Waals surface area (Å²) < 4.78 is 2.00. The van der Waals surface area contributed by atoms with Gasteiger partial charge in [0.05, 0.1) is 17.6 Å². The molecule has 2 aromatic heterocycles. The quantitative estimate of drug-likeness (QED) is 0.781. The second-order valence-corrected chi connectivity index (χ2v) is 5.03. The van der Waals surface area contributed by atoms with Gasteiger partial charge in [0.1, 0.15) is 0 Å². The van der Waals surface area contributed by atoms with Gasteiger partial charge >= 0.3 is 0 Å². The summed E-state index contributed by atoms with van der Waals surface area (Å²) in [5.74, 6) is 0. The Hall–Kier alpha value is -1.20. The number of rotatable bonds is 2. The molecule has 0 amide bonds. The molecular formula is C12H16ClN5. The van der Waals surface area contributed by atoms with Crippen molar-refractivity contribution in [3.63, 3.8) is 0 Å². The molecule has 2 aromatic rings. The van der Waals surface area contributed by atoms with Crippen molar-refractivity contribution in [3.8, 4) is 0 Å². The first kappa shape index (κ1) is 11.9. The van der Waals surface area contributed by atoms with Gasteiger partial charge in [0, 0.05) is 12.7 Å². The van der Waals surface area contributed by atoms with E-state index in [1.54, 1.807) is 6.20 Å². The fourth-order valence-electron chi connectivity index (χ4n) is 2.60. The summed E-state index contributed by atoms with van der Waals surface area (Å²) >= 11 is 5.87. The van der Waals surface area contributed by atoms with Crippen LogP contribution in [0.5, 0.6) is 0 Å². The van der Waals surface area contributed by atoms with Crippen molar-refractivity contribution in [1.29, 1.82) is 0 Å². The third-order valence-electron chi connectivity index (χ3n) is 3.58. The van der Waals surface area contributed by atoms with E-state index in [9.17, 15) is 0 Å². The van der Waals surface area contributed by atoms with Gasteiger partial charge in [-0.1, -0.05) is 6.92 Å². The topological polar surface area (TPSA) is 46.8 Å². The maximum absolute atomic E-state index is 5.87. The van der Waals surface area contributed by atoms with Crippen molar-refractivity contribution in [2.75, 3.05) is 19.6 Å². The van der Waals surface area contributed by atoms with E-state index in [2.05, 4.69) is 26.9 Å². The van der Waals surface area contributed by atoms with Gasteiger partial charge in [-0.25, -0.2) is 9.67 Å². The number of piperidine rings is 1. The number of halogens is 1. The minimum absolute atomic E-state index is 0.285. The average molecular weight is 266 g/mol. The molecule has 96 valence electrons. The lowest BCUT2D eigenvalue weighted by Gasteiger charge is -2.31. The van der Waals surface area contributed by atoms with Crippen molar-refractivity contribution in [2.45, 2.75) is 25.8 Å². The van der Waals surface area contributed by atoms with Crippen LogP contribution in [-0.2, 0) is 0 Å². The lowest BCUT2D eigenvalue weighted by molar-refractivity contribution is 0.180. The highest BCUT2D eigenvalue weighted by atomic mass is 35.5. The van der Waals surface area contributed by atoms with Crippen LogP contribution in [0.2, 0.25) is 5.28 Å². The van der Waals surface area contributed by atoms with E-state index in [1.807, 2.05) is 10.9 Å². The zero-order valence-electron chi connectivity index (χ0n) is 10.4. The molecule has 5 nitrogen and oxygen atoms in total. The minimum Gasteiger partial charge on any atom is -0.301 e. The van der Waals surface area contributed by atoms with Crippen LogP contribution in [0.15, 0.2) is 12.4 Å². The van der Waals surface area contributed by atoms with Gasteiger partial charge in [0.2, 0.25) is 5.28 Å². The van der Waals surface area contributed by atoms with Crippen molar-refractivity contribution in [1.82, 2.24) is 24.6 Å². The lowest BCUT2D eigenvalue weighted by Crippen LogP contribution is -2.36. The number of likely N-dealkylation sites (N-methyl/N-ethyl adjacent to an activating group) is 1. The lowest BCUT2D eigenvalue weighted by atomic mass is 10.1. The predicted molar refractivity (Wildman–Crippen MR) is 70.7 cm³/mol. The maximum atomic E-state index is 5.87. The normalized spacial score (nSPS) is 21.6. The van der Waals surface area contributed by atoms with E-state index in [4.69, 9.17) is 11.6 Å². The van der Waals surface area contributed by atoms with Crippen molar-refractivity contribution < 1.29 is 0 Å². The summed E-state index contributed by atoms with van der Waals surface area (Å²) in [7, 11) is 0. The van der Waals surface area contributed by atoms with Crippen LogP contribution in [-0.4, -0.2) is 44.3 Å². The summed E-state index contributed by atoms with van der Waals surface area (Å²) in [6.45, 7) is 5.50. The van der Waals surface area contributed by atoms with Crippen LogP contribution >= 0.6 is 11.6 Å². The summed E-state index contributed by atoms with van der Waals surface area (Å²) in [6.07, 6.45) is 5.90. The molecule has 0 radical (unpaired) electrons. The maximum Gasteiger partial charge on any atom is 0.224 e. The van der Waals surface area contributed by atoms with E-state index < -0.39 is 0 Å². The smallest absolute Gasteiger partial charge is 0.224 e. The standard InChI is InChI=1S/C12H16ClN5/c1-2-17-5-3-4-10(8-17)18-11-9(7-15-18)6-14-12(13)16-11/h6-7,10H,2-5,8H2,1H3/t10-/m0/s1. The minimum atomic E-state index is 0.285. The van der Waals surface area contributed by atoms with Gasteiger partial charge < -0.3 is 4.90 Å². The highest BCUT2D eigenvalue weighted by molar-refractivity contribution is 6.28. The molecule has 0 saturated carbocycles. The van der Waals surface area contributed by atoms with Crippen LogP contribution in [0.1, 0.15) is 25.8 Å². The van der Waals surface area contributed by atoms with E-state index in [0.29, 0.717) is 6.04 Å². The van der Waals surface area contributed by atoms with Gasteiger partial charge in [0.25, 0.3) is 0 Å². The molecule has 0 aliphatic carbocycles. The second-order valence-electron chi connectivity index (χ2n) is 4.70. The fourth-order valence-corrected chi connectivity index (χ4v) is 2.73. The summed E-state index contributed by atoms with van der Waals surface area (Å²) in [6, 6.07) is 0.391. The van der Waals surface area contributed by atoms with Crippen LogP contribution < -0.4 is 0 Å². The SMILES string of the molecule is CCN1CCC[C@H](n2ncc3cnc(Cl)nc32)C1. The Kier molecular flexibility index (Phi) is 3.18. The number of aromatic nitrogens is 4. The van der Waals surface area contributed by atoms with Crippen molar-refractivity contribution >= 4 is 22.6 Å². The highest BCUT2D eigenvalue weighted by Crippen LogP contribution is 2.24. The van der Waals surface area contributed by atoms with Crippen LogP contribution in [0.25, 0.3) is 11.0 Å². The van der Waals surface area contributed by atoms with Gasteiger partial charge in [-0.3, -0.25) is 0 Å². The first-order valence-corrected chi connectivity index (χ1v) is 6.74. The highest BCUT2D eigenvalue weighted by Gasteiger charge is 2.22. The zero-order valence-corrected chi connectivity index (χ0v) is 11.1. The van der Waals surface area contributed by atoms with Gasteiger partial charge in [-0.05, 0) is 37.5 Å². The Bertz CT molecular complexity index is 552. The Morgan fingerprint density at radius 1 is 1.44 bits per heavy atom. The molecule has 1 fully saturated rings. The monoisotopic (exact) mass is 265 g/mol. The number of fused-ring (bicyclic) bond motifs is 1. The Labute approximate surface area is 111 Å². The summed E-state index contributed by atoms with van der Waals surface area (Å²) in [4.78, 5) is 10.7. The zero-order chi connectivity index (χ0) is 12.5. The third kappa shape index (κ3) is 2.08. The molecule has 0 bridgehead atoms. The molecule has 3 heterocycles. The summed E-state index contributed by atoms with van der Waals surface area (Å²) in [5.41, 5.74) is 0.845. The van der Waals surface area contributed by atoms with E-state index in [0.717, 1.165) is 30.5 Å². The van der Waals surface area contributed by atoms with Crippen LogP contribution in [0.4, 0.5) is 0 Å². The third-order valence-corrected chi connectivity index (χ3v) is 3.76. The Morgan fingerprint density at radius 2 is 2.33 bits per heavy atom. The van der Waals surface area contributed by atoms with Crippen LogP contribution in [0, 0.1) is 0 Å². The van der Waals surface area contributed by atoms with Crippen molar-refractivity contribution in [2.24, 2.45) is 0 Å². The Morgan fingerprint density at radius 3 is 3.17 bits per heavy atom. The molecule has 6 heteroatoms. The second kappa shape index (κ2) is 4.82. The number of hydrogen-bond acceptors (Lipinski definition) is 4. The molecule has 0 aromatic carbocycles. The molecular weight excluding hydrogens is 250 g/mol. The first-order valence-electron chi connectivity index (χ1n) is 6.36. The van der Waals surface area contributed by atoms with E-state index in [1.165, 1.54) is 13.0 Å². The molecule has 3 rings (SSSR count). The summed E-state index contributed by atoms with van der Waals surface area (Å²) in [5, 5.41) is 5.69. The van der Waals surface area contributed by atoms with Gasteiger partial charge in [0.15, 0.2) is 5.65 Å². The number of hydrogen-bond donors (Lipinski definition) is 0. The predicted octanol–water partition coefficient (Wildman–Crippen LogP) is 2.14. The largest absolute Gasteiger partial charge is 0.301 e. The van der Waals surface area contributed by atoms with Crippen molar-refractivity contribution in [3.05, 3.63) is 17.7 Å². The molecule has 1 aliphatic heterocycles. The fraction of sp³-hybridized carbons (Fsp3) is 0.583. The Balaban J connectivity index is 1.96. The molecule has 0 unspecified atom stereocenters. The number of likely N-dealkylation sites (tertiary alicyclic amines) is 1.